The first kappa shape index (κ1) is 25.7. The lowest BCUT2D eigenvalue weighted by Gasteiger charge is -2.27. The number of carbonyl (C=O) groups is 2. The van der Waals surface area contributed by atoms with Gasteiger partial charge in [0.2, 0.25) is 5.91 Å². The molecular formula is C26H26N2O6S2. The van der Waals surface area contributed by atoms with Crippen LogP contribution in [-0.4, -0.2) is 42.6 Å². The highest BCUT2D eigenvalue weighted by molar-refractivity contribution is 7.97. The largest absolute Gasteiger partial charge is 0.480 e. The van der Waals surface area contributed by atoms with Crippen LogP contribution >= 0.6 is 11.9 Å². The van der Waals surface area contributed by atoms with Gasteiger partial charge in [0, 0.05) is 29.1 Å². The number of carboxylic acids is 1. The molecule has 0 fully saturated rings. The number of nitrogens with zero attached hydrogens (tertiary/aromatic N) is 2. The Labute approximate surface area is 215 Å². The molecule has 2 atom stereocenters. The number of amides is 1. The van der Waals surface area contributed by atoms with Gasteiger partial charge in [0.15, 0.2) is 0 Å². The molecule has 0 aliphatic carbocycles. The van der Waals surface area contributed by atoms with Gasteiger partial charge < -0.3 is 9.52 Å². The van der Waals surface area contributed by atoms with Crippen molar-refractivity contribution in [2.75, 3.05) is 10.8 Å². The van der Waals surface area contributed by atoms with Crippen molar-refractivity contribution in [3.05, 3.63) is 72.8 Å². The van der Waals surface area contributed by atoms with Gasteiger partial charge in [-0.1, -0.05) is 36.4 Å². The predicted octanol–water partition coefficient (Wildman–Crippen LogP) is 5.71. The van der Waals surface area contributed by atoms with E-state index in [1.165, 1.54) is 18.9 Å². The molecule has 0 saturated carbocycles. The van der Waals surface area contributed by atoms with Crippen molar-refractivity contribution in [2.24, 2.45) is 0 Å². The summed E-state index contributed by atoms with van der Waals surface area (Å²) in [7, 11) is 0. The summed E-state index contributed by atoms with van der Waals surface area (Å²) in [4.78, 5) is 25.1. The SMILES string of the molecule is CC(=O)N(CCCCC(C(=O)O)N(c1ccc2oc3ccccc3c2c1)S(=O)O)Sc1ccccc1. The number of unbranched alkanes of at least 4 members (excludes halogenated alkanes) is 1. The van der Waals surface area contributed by atoms with Crippen LogP contribution in [0.15, 0.2) is 82.1 Å². The molecule has 188 valence electrons. The van der Waals surface area contributed by atoms with Gasteiger partial charge in [0.25, 0.3) is 11.3 Å². The minimum atomic E-state index is -2.56. The predicted molar refractivity (Wildman–Crippen MR) is 142 cm³/mol. The summed E-state index contributed by atoms with van der Waals surface area (Å²) in [5.74, 6) is -1.30. The van der Waals surface area contributed by atoms with Gasteiger partial charge in [-0.15, -0.1) is 0 Å². The lowest BCUT2D eigenvalue weighted by molar-refractivity contribution is -0.138. The van der Waals surface area contributed by atoms with E-state index in [1.807, 2.05) is 54.6 Å². The molecular weight excluding hydrogens is 500 g/mol. The monoisotopic (exact) mass is 526 g/mol. The molecule has 4 rings (SSSR count). The average Bonchev–Trinajstić information content (AvgIpc) is 3.23. The van der Waals surface area contributed by atoms with Crippen LogP contribution < -0.4 is 4.31 Å². The Bertz CT molecular complexity index is 1390. The van der Waals surface area contributed by atoms with Crippen molar-refractivity contribution in [3.8, 4) is 0 Å². The molecule has 0 aliphatic rings. The summed E-state index contributed by atoms with van der Waals surface area (Å²) >= 11 is -1.23. The van der Waals surface area contributed by atoms with E-state index >= 15 is 0 Å². The van der Waals surface area contributed by atoms with E-state index < -0.39 is 23.3 Å². The van der Waals surface area contributed by atoms with Crippen molar-refractivity contribution in [2.45, 2.75) is 37.1 Å². The maximum Gasteiger partial charge on any atom is 0.327 e. The molecule has 10 heteroatoms. The fourth-order valence-corrected chi connectivity index (χ4v) is 5.63. The first-order valence-electron chi connectivity index (χ1n) is 11.4. The minimum absolute atomic E-state index is 0.0997. The molecule has 0 spiro atoms. The standard InChI is InChI=1S/C26H26N2O6S2/c1-18(29)27(35-20-9-3-2-4-10-20)16-8-7-12-23(26(30)31)28(36(32)33)19-14-15-25-22(17-19)21-11-5-6-13-24(21)34-25/h2-6,9-11,13-15,17,23H,7-8,12,16H2,1H3,(H,30,31)(H,32,33). The van der Waals surface area contributed by atoms with Crippen LogP contribution in [0.2, 0.25) is 0 Å². The van der Waals surface area contributed by atoms with Crippen LogP contribution in [0.4, 0.5) is 5.69 Å². The van der Waals surface area contributed by atoms with E-state index in [0.717, 1.165) is 20.0 Å². The number of anilines is 1. The van der Waals surface area contributed by atoms with E-state index in [-0.39, 0.29) is 12.3 Å². The number of para-hydroxylation sites is 1. The summed E-state index contributed by atoms with van der Waals surface area (Å²) < 4.78 is 30.8. The number of aliphatic carboxylic acids is 1. The zero-order chi connectivity index (χ0) is 25.7. The van der Waals surface area contributed by atoms with Crippen LogP contribution in [0.1, 0.15) is 26.2 Å². The number of furan rings is 1. The lowest BCUT2D eigenvalue weighted by atomic mass is 10.1. The second kappa shape index (κ2) is 11.6. The van der Waals surface area contributed by atoms with Crippen molar-refractivity contribution in [3.63, 3.8) is 0 Å². The van der Waals surface area contributed by atoms with Crippen LogP contribution in [0.3, 0.4) is 0 Å². The number of fused-ring (bicyclic) bond motifs is 3. The van der Waals surface area contributed by atoms with Crippen LogP contribution in [-0.2, 0) is 20.9 Å². The highest BCUT2D eigenvalue weighted by Gasteiger charge is 2.30. The fourth-order valence-electron chi connectivity index (χ4n) is 4.04. The molecule has 3 aromatic carbocycles. The summed E-state index contributed by atoms with van der Waals surface area (Å²) in [5.41, 5.74) is 1.60. The molecule has 2 unspecified atom stereocenters. The van der Waals surface area contributed by atoms with Gasteiger partial charge in [0.1, 0.15) is 17.2 Å². The number of hydrogen-bond donors (Lipinski definition) is 2. The first-order valence-corrected chi connectivity index (χ1v) is 13.2. The summed E-state index contributed by atoms with van der Waals surface area (Å²) in [5, 5.41) is 11.5. The normalized spacial score (nSPS) is 12.9. The van der Waals surface area contributed by atoms with Gasteiger partial charge in [-0.25, -0.2) is 9.00 Å². The van der Waals surface area contributed by atoms with Crippen molar-refractivity contribution in [1.29, 1.82) is 0 Å². The third kappa shape index (κ3) is 5.89. The quantitative estimate of drug-likeness (QED) is 0.146. The lowest BCUT2D eigenvalue weighted by Crippen LogP contribution is -2.42. The van der Waals surface area contributed by atoms with E-state index in [4.69, 9.17) is 4.42 Å². The van der Waals surface area contributed by atoms with Crippen LogP contribution in [0.5, 0.6) is 0 Å². The van der Waals surface area contributed by atoms with Crippen LogP contribution in [0, 0.1) is 0 Å². The minimum Gasteiger partial charge on any atom is -0.480 e. The highest BCUT2D eigenvalue weighted by atomic mass is 32.2. The second-order valence-corrected chi connectivity index (χ2v) is 10.2. The van der Waals surface area contributed by atoms with Gasteiger partial charge in [-0.2, -0.15) is 0 Å². The Hall–Kier alpha value is -3.34. The molecule has 2 N–H and O–H groups in total. The zero-order valence-corrected chi connectivity index (χ0v) is 21.2. The third-order valence-corrected chi connectivity index (χ3v) is 7.69. The van der Waals surface area contributed by atoms with E-state index in [0.29, 0.717) is 36.2 Å². The average molecular weight is 527 g/mol. The number of carboxylic acid groups (broad SMARTS) is 1. The van der Waals surface area contributed by atoms with Gasteiger partial charge in [0.05, 0.1) is 5.69 Å². The molecule has 0 aliphatic heterocycles. The Morgan fingerprint density at radius 1 is 0.972 bits per heavy atom. The zero-order valence-electron chi connectivity index (χ0n) is 19.6. The smallest absolute Gasteiger partial charge is 0.327 e. The van der Waals surface area contributed by atoms with E-state index in [2.05, 4.69) is 0 Å². The first-order chi connectivity index (χ1) is 17.3. The molecule has 1 aromatic heterocycles. The van der Waals surface area contributed by atoms with Crippen LogP contribution in [0.25, 0.3) is 21.9 Å². The molecule has 0 saturated heterocycles. The molecule has 36 heavy (non-hydrogen) atoms. The second-order valence-electron chi connectivity index (χ2n) is 8.21. The Morgan fingerprint density at radius 3 is 2.36 bits per heavy atom. The van der Waals surface area contributed by atoms with Gasteiger partial charge >= 0.3 is 5.97 Å². The fraction of sp³-hybridized carbons (Fsp3) is 0.231. The number of rotatable bonds is 11. The molecule has 1 heterocycles. The maximum atomic E-state index is 12.3. The third-order valence-electron chi connectivity index (χ3n) is 5.75. The summed E-state index contributed by atoms with van der Waals surface area (Å²) in [6.45, 7) is 1.92. The van der Waals surface area contributed by atoms with Crippen molar-refractivity contribution < 1.29 is 27.9 Å². The van der Waals surface area contributed by atoms with E-state index in [9.17, 15) is 23.5 Å². The highest BCUT2D eigenvalue weighted by Crippen LogP contribution is 2.33. The summed E-state index contributed by atoms with van der Waals surface area (Å²) in [6, 6.07) is 20.7. The van der Waals surface area contributed by atoms with Crippen molar-refractivity contribution in [1.82, 2.24) is 4.31 Å². The molecule has 4 aromatic rings. The molecule has 0 radical (unpaired) electrons. The maximum absolute atomic E-state index is 12.3. The van der Waals surface area contributed by atoms with Gasteiger partial charge in [-0.05, 0) is 67.6 Å². The molecule has 1 amide bonds. The van der Waals surface area contributed by atoms with Crippen molar-refractivity contribution >= 4 is 62.7 Å². The Morgan fingerprint density at radius 2 is 1.67 bits per heavy atom. The Balaban J connectivity index is 1.48. The Kier molecular flexibility index (Phi) is 8.29. The van der Waals surface area contributed by atoms with Gasteiger partial charge in [-0.3, -0.25) is 18.0 Å². The van der Waals surface area contributed by atoms with E-state index in [1.54, 1.807) is 22.5 Å². The molecule has 8 nitrogen and oxygen atoms in total. The number of hydrogen-bond acceptors (Lipinski definition) is 5. The topological polar surface area (TPSA) is 111 Å². The summed E-state index contributed by atoms with van der Waals surface area (Å²) in [6.07, 6.45) is 1.12. The number of carbonyl (C=O) groups excluding carboxylic acids is 1. The number of benzene rings is 3. The molecule has 0 bridgehead atoms.